The molecule has 7 nitrogen and oxygen atoms in total. The second-order valence-electron chi connectivity index (χ2n) is 5.17. The summed E-state index contributed by atoms with van der Waals surface area (Å²) >= 11 is 0.762. The number of halogens is 3. The van der Waals surface area contributed by atoms with Crippen molar-refractivity contribution in [1.82, 2.24) is 14.9 Å². The highest BCUT2D eigenvalue weighted by Gasteiger charge is 2.38. The minimum atomic E-state index is -4.74. The molecule has 0 unspecified atom stereocenters. The summed E-state index contributed by atoms with van der Waals surface area (Å²) in [6.07, 6.45) is -4.63. The molecule has 0 aliphatic carbocycles. The molecule has 1 atom stereocenters. The number of benzene rings is 1. The Balaban J connectivity index is 2.19. The van der Waals surface area contributed by atoms with E-state index in [9.17, 15) is 18.0 Å². The second kappa shape index (κ2) is 8.09. The Kier molecular flexibility index (Phi) is 6.10. The number of nitriles is 1. The van der Waals surface area contributed by atoms with Gasteiger partial charge in [-0.25, -0.2) is 4.68 Å². The molecule has 0 aliphatic rings. The van der Waals surface area contributed by atoms with Crippen molar-refractivity contribution < 1.29 is 18.0 Å². The molecule has 0 radical (unpaired) electrons. The lowest BCUT2D eigenvalue weighted by atomic mass is 10.2. The number of thioether (sulfide) groups is 1. The highest BCUT2D eigenvalue weighted by atomic mass is 32.2. The van der Waals surface area contributed by atoms with Crippen LogP contribution in [0.3, 0.4) is 0 Å². The first-order valence-corrected chi connectivity index (χ1v) is 8.31. The fraction of sp³-hybridized carbons (Fsp3) is 0.333. The number of aromatic nitrogens is 3. The number of nitrogens with two attached hydrogens (primary N) is 1. The van der Waals surface area contributed by atoms with Gasteiger partial charge in [0.2, 0.25) is 11.1 Å². The maximum atomic E-state index is 12.7. The summed E-state index contributed by atoms with van der Waals surface area (Å²) in [4.78, 5) is 14.1. The van der Waals surface area contributed by atoms with Crippen LogP contribution in [-0.2, 0) is 11.0 Å². The smallest absolute Gasteiger partial charge is 0.335 e. The molecule has 2 rings (SSSR count). The fourth-order valence-corrected chi connectivity index (χ4v) is 2.95. The van der Waals surface area contributed by atoms with E-state index in [0.717, 1.165) is 11.8 Å². The minimum Gasteiger partial charge on any atom is -0.335 e. The van der Waals surface area contributed by atoms with Gasteiger partial charge < -0.3 is 10.7 Å². The van der Waals surface area contributed by atoms with Gasteiger partial charge in [0, 0.05) is 12.2 Å². The zero-order chi connectivity index (χ0) is 19.3. The number of rotatable bonds is 6. The van der Waals surface area contributed by atoms with E-state index in [0.29, 0.717) is 10.4 Å². The maximum absolute atomic E-state index is 12.7. The molecule has 0 fully saturated rings. The Hall–Kier alpha value is -2.74. The summed E-state index contributed by atoms with van der Waals surface area (Å²) < 4.78 is 38.5. The van der Waals surface area contributed by atoms with Crippen LogP contribution in [0.2, 0.25) is 0 Å². The molecule has 0 spiro atoms. The first-order chi connectivity index (χ1) is 12.3. The predicted octanol–water partition coefficient (Wildman–Crippen LogP) is 2.44. The van der Waals surface area contributed by atoms with Gasteiger partial charge in [0.1, 0.15) is 0 Å². The van der Waals surface area contributed by atoms with Crippen molar-refractivity contribution in [3.8, 4) is 6.07 Å². The van der Waals surface area contributed by atoms with Crippen LogP contribution in [0.25, 0.3) is 0 Å². The first kappa shape index (κ1) is 19.6. The van der Waals surface area contributed by atoms with Crippen LogP contribution < -0.4 is 10.7 Å². The highest BCUT2D eigenvalue weighted by Crippen LogP contribution is 2.30. The van der Waals surface area contributed by atoms with Crippen molar-refractivity contribution >= 4 is 23.4 Å². The minimum absolute atomic E-state index is 0.114. The number of amides is 1. The number of carbonyl (C=O) groups is 1. The van der Waals surface area contributed by atoms with Crippen molar-refractivity contribution in [3.05, 3.63) is 36.2 Å². The standard InChI is InChI=1S/C15H15F3N6OS/c1-10(26-14-22-21-13(24(14)20)15(16,17)18)12(25)23(9-5-8-19)11-6-3-2-4-7-11/h2-4,6-7,10H,5,9,20H2,1H3/t10-/m1/s1. The van der Waals surface area contributed by atoms with Gasteiger partial charge in [0.05, 0.1) is 17.7 Å². The monoisotopic (exact) mass is 384 g/mol. The van der Waals surface area contributed by atoms with E-state index in [1.165, 1.54) is 11.8 Å². The van der Waals surface area contributed by atoms with Gasteiger partial charge in [-0.3, -0.25) is 4.79 Å². The summed E-state index contributed by atoms with van der Waals surface area (Å²) in [7, 11) is 0. The third-order valence-electron chi connectivity index (χ3n) is 3.33. The molecule has 26 heavy (non-hydrogen) atoms. The molecule has 1 heterocycles. The van der Waals surface area contributed by atoms with Crippen molar-refractivity contribution in [1.29, 1.82) is 5.26 Å². The number of nitrogen functional groups attached to an aromatic ring is 1. The summed E-state index contributed by atoms with van der Waals surface area (Å²) in [6, 6.07) is 10.7. The average molecular weight is 384 g/mol. The zero-order valence-electron chi connectivity index (χ0n) is 13.6. The van der Waals surface area contributed by atoms with Crippen LogP contribution in [0, 0.1) is 11.3 Å². The number of alkyl halides is 3. The molecule has 0 saturated heterocycles. The van der Waals surface area contributed by atoms with E-state index in [1.54, 1.807) is 30.3 Å². The Labute approximate surface area is 151 Å². The number of hydrogen-bond donors (Lipinski definition) is 1. The van der Waals surface area contributed by atoms with Gasteiger partial charge in [-0.15, -0.1) is 10.2 Å². The molecule has 2 aromatic rings. The molecule has 0 bridgehead atoms. The number of nitrogens with zero attached hydrogens (tertiary/aromatic N) is 5. The van der Waals surface area contributed by atoms with Crippen molar-refractivity contribution in [3.63, 3.8) is 0 Å². The molecule has 0 aliphatic heterocycles. The largest absolute Gasteiger partial charge is 0.453 e. The van der Waals surface area contributed by atoms with Crippen LogP contribution in [0.4, 0.5) is 18.9 Å². The van der Waals surface area contributed by atoms with E-state index >= 15 is 0 Å². The Morgan fingerprint density at radius 1 is 1.38 bits per heavy atom. The summed E-state index contributed by atoms with van der Waals surface area (Å²) in [5.74, 6) is 3.66. The van der Waals surface area contributed by atoms with Gasteiger partial charge in [-0.2, -0.15) is 18.4 Å². The number of anilines is 1. The predicted molar refractivity (Wildman–Crippen MR) is 89.5 cm³/mol. The van der Waals surface area contributed by atoms with Crippen LogP contribution in [0.15, 0.2) is 35.5 Å². The van der Waals surface area contributed by atoms with Gasteiger partial charge in [-0.05, 0) is 19.1 Å². The van der Waals surface area contributed by atoms with Crippen molar-refractivity contribution in [2.75, 3.05) is 17.3 Å². The average Bonchev–Trinajstić information content (AvgIpc) is 2.96. The van der Waals surface area contributed by atoms with E-state index in [4.69, 9.17) is 11.1 Å². The topological polar surface area (TPSA) is 101 Å². The molecule has 1 aromatic heterocycles. The quantitative estimate of drug-likeness (QED) is 0.606. The lowest BCUT2D eigenvalue weighted by Gasteiger charge is -2.24. The van der Waals surface area contributed by atoms with Gasteiger partial charge in [-0.1, -0.05) is 30.0 Å². The summed E-state index contributed by atoms with van der Waals surface area (Å²) in [6.45, 7) is 1.69. The molecular formula is C15H15F3N6OS. The van der Waals surface area contributed by atoms with Crippen LogP contribution in [0.5, 0.6) is 0 Å². The van der Waals surface area contributed by atoms with E-state index in [1.807, 2.05) is 6.07 Å². The second-order valence-corrected chi connectivity index (χ2v) is 6.48. The lowest BCUT2D eigenvalue weighted by Crippen LogP contribution is -2.37. The lowest BCUT2D eigenvalue weighted by molar-refractivity contribution is -0.146. The van der Waals surface area contributed by atoms with Gasteiger partial charge in [0.25, 0.3) is 5.82 Å². The zero-order valence-corrected chi connectivity index (χ0v) is 14.5. The molecule has 1 aromatic carbocycles. The van der Waals surface area contributed by atoms with Gasteiger partial charge >= 0.3 is 6.18 Å². The highest BCUT2D eigenvalue weighted by molar-refractivity contribution is 8.00. The van der Waals surface area contributed by atoms with Crippen molar-refractivity contribution in [2.24, 2.45) is 0 Å². The maximum Gasteiger partial charge on any atom is 0.453 e. The molecule has 138 valence electrons. The normalized spacial score (nSPS) is 12.4. The third kappa shape index (κ3) is 4.45. The third-order valence-corrected chi connectivity index (χ3v) is 4.37. The van der Waals surface area contributed by atoms with Crippen LogP contribution in [-0.4, -0.2) is 32.6 Å². The first-order valence-electron chi connectivity index (χ1n) is 7.43. The van der Waals surface area contributed by atoms with Crippen LogP contribution in [0.1, 0.15) is 19.2 Å². The molecule has 0 saturated carbocycles. The van der Waals surface area contributed by atoms with E-state index in [2.05, 4.69) is 10.2 Å². The number of hydrogen-bond acceptors (Lipinski definition) is 6. The fourth-order valence-electron chi connectivity index (χ4n) is 2.11. The molecular weight excluding hydrogens is 369 g/mol. The molecule has 1 amide bonds. The summed E-state index contributed by atoms with van der Waals surface area (Å²) in [5, 5.41) is 14.2. The van der Waals surface area contributed by atoms with Gasteiger partial charge in [0.15, 0.2) is 0 Å². The Morgan fingerprint density at radius 2 is 2.04 bits per heavy atom. The molecule has 11 heteroatoms. The van der Waals surface area contributed by atoms with E-state index < -0.39 is 17.3 Å². The van der Waals surface area contributed by atoms with Crippen LogP contribution >= 0.6 is 11.8 Å². The SMILES string of the molecule is C[C@@H](Sc1nnc(C(F)(F)F)n1N)C(=O)N(CCC#N)c1ccccc1. The molecule has 2 N–H and O–H groups in total. The van der Waals surface area contributed by atoms with Crippen molar-refractivity contribution in [2.45, 2.75) is 29.9 Å². The Bertz CT molecular complexity index is 802. The number of carbonyl (C=O) groups excluding carboxylic acids is 1. The number of para-hydroxylation sites is 1. The van der Waals surface area contributed by atoms with E-state index in [-0.39, 0.29) is 24.0 Å². The summed E-state index contributed by atoms with van der Waals surface area (Å²) in [5.41, 5.74) is 0.588. The Morgan fingerprint density at radius 3 is 2.58 bits per heavy atom.